The van der Waals surface area contributed by atoms with Crippen molar-refractivity contribution in [1.29, 1.82) is 0 Å². The van der Waals surface area contributed by atoms with Crippen LogP contribution in [0.3, 0.4) is 0 Å². The number of rotatable bonds is 10. The first-order valence-electron chi connectivity index (χ1n) is 10.7. The Labute approximate surface area is 191 Å². The third kappa shape index (κ3) is 5.97. The Bertz CT molecular complexity index is 1140. The number of amides is 1. The second kappa shape index (κ2) is 11.5. The van der Waals surface area contributed by atoms with E-state index in [-0.39, 0.29) is 29.6 Å². The van der Waals surface area contributed by atoms with Gasteiger partial charge in [0.2, 0.25) is 5.91 Å². The lowest BCUT2D eigenvalue weighted by molar-refractivity contribution is -0.143. The van der Waals surface area contributed by atoms with Crippen LogP contribution in [0.1, 0.15) is 32.3 Å². The van der Waals surface area contributed by atoms with E-state index in [0.717, 1.165) is 6.42 Å². The molecule has 0 spiro atoms. The zero-order valence-electron chi connectivity index (χ0n) is 18.3. The van der Waals surface area contributed by atoms with Gasteiger partial charge in [-0.25, -0.2) is 4.98 Å². The number of aryl methyl sites for hydroxylation is 1. The van der Waals surface area contributed by atoms with Crippen molar-refractivity contribution in [2.75, 3.05) is 18.9 Å². The number of hydrogen-bond donors (Lipinski definition) is 1. The Kier molecular flexibility index (Phi) is 8.44. The van der Waals surface area contributed by atoms with Gasteiger partial charge in [-0.3, -0.25) is 19.0 Å². The van der Waals surface area contributed by atoms with E-state index in [1.807, 2.05) is 36.4 Å². The fourth-order valence-electron chi connectivity index (χ4n) is 3.19. The van der Waals surface area contributed by atoms with Crippen LogP contribution >= 0.6 is 11.8 Å². The number of nitrogens with one attached hydrogen (secondary N) is 1. The average molecular weight is 454 g/mol. The maximum atomic E-state index is 13.2. The first kappa shape index (κ1) is 23.5. The summed E-state index contributed by atoms with van der Waals surface area (Å²) in [6, 6.07) is 15.0. The third-order valence-corrected chi connectivity index (χ3v) is 5.80. The molecular formula is C24H27N3O4S. The van der Waals surface area contributed by atoms with Gasteiger partial charge < -0.3 is 10.1 Å². The van der Waals surface area contributed by atoms with E-state index < -0.39 is 0 Å². The quantitative estimate of drug-likeness (QED) is 0.219. The molecular weight excluding hydrogens is 426 g/mol. The summed E-state index contributed by atoms with van der Waals surface area (Å²) in [5.41, 5.74) is 2.31. The smallest absolute Gasteiger partial charge is 0.305 e. The molecule has 168 valence electrons. The van der Waals surface area contributed by atoms with Gasteiger partial charge in [0.15, 0.2) is 5.16 Å². The van der Waals surface area contributed by atoms with Crippen LogP contribution in [0.25, 0.3) is 16.6 Å². The molecule has 1 heterocycles. The Hall–Kier alpha value is -3.13. The first-order chi connectivity index (χ1) is 15.5. The highest BCUT2D eigenvalue weighted by atomic mass is 32.2. The maximum Gasteiger partial charge on any atom is 0.305 e. The Balaban J connectivity index is 1.75. The molecule has 0 saturated heterocycles. The monoisotopic (exact) mass is 453 g/mol. The predicted octanol–water partition coefficient (Wildman–Crippen LogP) is 3.50. The molecule has 8 heteroatoms. The van der Waals surface area contributed by atoms with Crippen molar-refractivity contribution in [3.05, 3.63) is 64.4 Å². The molecule has 0 aliphatic rings. The summed E-state index contributed by atoms with van der Waals surface area (Å²) in [5.74, 6) is -0.347. The number of thioether (sulfide) groups is 1. The molecule has 1 aromatic heterocycles. The number of nitrogens with zero attached hydrogens (tertiary/aromatic N) is 2. The summed E-state index contributed by atoms with van der Waals surface area (Å²) in [5, 5.41) is 3.78. The summed E-state index contributed by atoms with van der Waals surface area (Å²) >= 11 is 1.21. The van der Waals surface area contributed by atoms with Crippen LogP contribution in [0.2, 0.25) is 0 Å². The Morgan fingerprint density at radius 2 is 1.84 bits per heavy atom. The molecule has 0 aliphatic heterocycles. The molecule has 1 N–H and O–H groups in total. The zero-order valence-corrected chi connectivity index (χ0v) is 19.1. The van der Waals surface area contributed by atoms with Crippen molar-refractivity contribution >= 4 is 34.5 Å². The zero-order chi connectivity index (χ0) is 22.9. The molecule has 2 aromatic carbocycles. The molecule has 32 heavy (non-hydrogen) atoms. The lowest BCUT2D eigenvalue weighted by Crippen LogP contribution is -2.27. The summed E-state index contributed by atoms with van der Waals surface area (Å²) in [7, 11) is 0. The summed E-state index contributed by atoms with van der Waals surface area (Å²) in [4.78, 5) is 41.6. The van der Waals surface area contributed by atoms with Crippen LogP contribution in [0.5, 0.6) is 0 Å². The Morgan fingerprint density at radius 3 is 2.56 bits per heavy atom. The second-order valence-electron chi connectivity index (χ2n) is 7.12. The predicted molar refractivity (Wildman–Crippen MR) is 126 cm³/mol. The van der Waals surface area contributed by atoms with E-state index in [1.165, 1.54) is 17.3 Å². The minimum absolute atomic E-state index is 0.108. The lowest BCUT2D eigenvalue weighted by atomic mass is 10.1. The van der Waals surface area contributed by atoms with Gasteiger partial charge in [0.1, 0.15) is 0 Å². The van der Waals surface area contributed by atoms with E-state index in [9.17, 15) is 14.4 Å². The van der Waals surface area contributed by atoms with Crippen molar-refractivity contribution < 1.29 is 14.3 Å². The van der Waals surface area contributed by atoms with Gasteiger partial charge in [-0.05, 0) is 49.6 Å². The topological polar surface area (TPSA) is 90.3 Å². The molecule has 1 amide bonds. The van der Waals surface area contributed by atoms with Crippen molar-refractivity contribution in [3.8, 4) is 5.69 Å². The largest absolute Gasteiger partial charge is 0.466 e. The van der Waals surface area contributed by atoms with Gasteiger partial charge >= 0.3 is 5.97 Å². The SMILES string of the molecule is CCOC(=O)CCCNC(=O)CSc1nc2ccccc2c(=O)n1-c1ccc(CC)cc1. The number of esters is 1. The molecule has 0 bridgehead atoms. The van der Waals surface area contributed by atoms with Crippen molar-refractivity contribution in [2.24, 2.45) is 0 Å². The number of aromatic nitrogens is 2. The lowest BCUT2D eigenvalue weighted by Gasteiger charge is -2.13. The minimum Gasteiger partial charge on any atom is -0.466 e. The van der Waals surface area contributed by atoms with Gasteiger partial charge in [0.05, 0.1) is 29.0 Å². The fourth-order valence-corrected chi connectivity index (χ4v) is 4.03. The molecule has 0 atom stereocenters. The van der Waals surface area contributed by atoms with Crippen LogP contribution in [0.15, 0.2) is 58.5 Å². The minimum atomic E-state index is -0.269. The highest BCUT2D eigenvalue weighted by Crippen LogP contribution is 2.21. The van der Waals surface area contributed by atoms with Gasteiger partial charge in [-0.1, -0.05) is 43.0 Å². The molecule has 0 saturated carbocycles. The van der Waals surface area contributed by atoms with E-state index in [4.69, 9.17) is 4.74 Å². The number of carbonyl (C=O) groups is 2. The van der Waals surface area contributed by atoms with E-state index in [0.29, 0.717) is 41.3 Å². The molecule has 0 aliphatic carbocycles. The van der Waals surface area contributed by atoms with Crippen LogP contribution < -0.4 is 10.9 Å². The van der Waals surface area contributed by atoms with Crippen LogP contribution in [-0.4, -0.2) is 40.3 Å². The van der Waals surface area contributed by atoms with Gasteiger partial charge in [-0.2, -0.15) is 0 Å². The van der Waals surface area contributed by atoms with Crippen molar-refractivity contribution in [3.63, 3.8) is 0 Å². The first-order valence-corrected chi connectivity index (χ1v) is 11.7. The maximum absolute atomic E-state index is 13.2. The van der Waals surface area contributed by atoms with E-state index >= 15 is 0 Å². The standard InChI is InChI=1S/C24H27N3O4S/c1-3-17-11-13-18(14-12-17)27-23(30)19-8-5-6-9-20(19)26-24(27)32-16-21(28)25-15-7-10-22(29)31-4-2/h5-6,8-9,11-14H,3-4,7,10,15-16H2,1-2H3,(H,25,28). The number of hydrogen-bond acceptors (Lipinski definition) is 6. The van der Waals surface area contributed by atoms with E-state index in [1.54, 1.807) is 23.6 Å². The second-order valence-corrected chi connectivity index (χ2v) is 8.06. The van der Waals surface area contributed by atoms with Crippen molar-refractivity contribution in [2.45, 2.75) is 38.3 Å². The number of carbonyl (C=O) groups excluding carboxylic acids is 2. The fraction of sp³-hybridized carbons (Fsp3) is 0.333. The number of ether oxygens (including phenoxy) is 1. The summed E-state index contributed by atoms with van der Waals surface area (Å²) in [6.07, 6.45) is 1.68. The van der Waals surface area contributed by atoms with Crippen LogP contribution in [0, 0.1) is 0 Å². The number of benzene rings is 2. The van der Waals surface area contributed by atoms with Gasteiger partial charge in [0.25, 0.3) is 5.56 Å². The van der Waals surface area contributed by atoms with Crippen LogP contribution in [-0.2, 0) is 20.7 Å². The van der Waals surface area contributed by atoms with Crippen molar-refractivity contribution in [1.82, 2.24) is 14.9 Å². The van der Waals surface area contributed by atoms with Crippen LogP contribution in [0.4, 0.5) is 0 Å². The van der Waals surface area contributed by atoms with Gasteiger partial charge in [-0.15, -0.1) is 0 Å². The average Bonchev–Trinajstić information content (AvgIpc) is 2.81. The van der Waals surface area contributed by atoms with E-state index in [2.05, 4.69) is 17.2 Å². The normalized spacial score (nSPS) is 10.8. The molecule has 7 nitrogen and oxygen atoms in total. The molecule has 0 radical (unpaired) electrons. The Morgan fingerprint density at radius 1 is 1.09 bits per heavy atom. The third-order valence-electron chi connectivity index (χ3n) is 4.87. The summed E-state index contributed by atoms with van der Waals surface area (Å²) < 4.78 is 6.43. The molecule has 0 fully saturated rings. The number of fused-ring (bicyclic) bond motifs is 1. The number of para-hydroxylation sites is 1. The van der Waals surface area contributed by atoms with Gasteiger partial charge in [0, 0.05) is 13.0 Å². The summed E-state index contributed by atoms with van der Waals surface area (Å²) in [6.45, 7) is 4.57. The molecule has 3 rings (SSSR count). The highest BCUT2D eigenvalue weighted by molar-refractivity contribution is 7.99. The highest BCUT2D eigenvalue weighted by Gasteiger charge is 2.15. The molecule has 0 unspecified atom stereocenters. The molecule has 3 aromatic rings.